The predicted molar refractivity (Wildman–Crippen MR) is 48.0 cm³/mol. The third-order valence-corrected chi connectivity index (χ3v) is 2.67. The van der Waals surface area contributed by atoms with Crippen molar-refractivity contribution >= 4 is 11.5 Å². The first kappa shape index (κ1) is 13.4. The number of carbonyl (C=O) groups excluding carboxylic acids is 1. The molecule has 0 atom stereocenters. The molecule has 102 valence electrons. The van der Waals surface area contributed by atoms with Crippen LogP contribution in [0.25, 0.3) is 5.76 Å². The van der Waals surface area contributed by atoms with Gasteiger partial charge >= 0.3 is 6.18 Å². The van der Waals surface area contributed by atoms with Crippen molar-refractivity contribution in [2.75, 3.05) is 0 Å². The Bertz CT molecular complexity index is 615. The average molecular weight is 281 g/mol. The fraction of sp³-hybridized carbons (Fsp3) is 0.182. The van der Waals surface area contributed by atoms with Gasteiger partial charge in [0.15, 0.2) is 17.5 Å². The maximum atomic E-state index is 13.3. The number of alkyl halides is 3. The molecule has 0 heterocycles. The number of ketones is 1. The van der Waals surface area contributed by atoms with Gasteiger partial charge in [0.2, 0.25) is 0 Å². The lowest BCUT2D eigenvalue weighted by atomic mass is 10.1. The summed E-state index contributed by atoms with van der Waals surface area (Å²) in [6.07, 6.45) is -6.31. The van der Waals surface area contributed by atoms with Crippen LogP contribution in [0.1, 0.15) is 11.1 Å². The number of halogens is 6. The number of hydrogen-bond donors (Lipinski definition) is 0. The Morgan fingerprint density at radius 1 is 1.16 bits per heavy atom. The molecule has 0 bridgehead atoms. The lowest BCUT2D eigenvalue weighted by Crippen LogP contribution is -2.26. The molecule has 1 aromatic carbocycles. The molecule has 19 heavy (non-hydrogen) atoms. The van der Waals surface area contributed by atoms with Crippen LogP contribution in [0, 0.1) is 17.5 Å². The number of hydrogen-bond acceptors (Lipinski definition) is 2. The van der Waals surface area contributed by atoms with Crippen molar-refractivity contribution in [1.29, 1.82) is 0 Å². The summed E-state index contributed by atoms with van der Waals surface area (Å²) in [7, 11) is 0. The molecule has 0 fully saturated rings. The van der Waals surface area contributed by atoms with Gasteiger partial charge in [-0.25, -0.2) is 13.2 Å². The Labute approximate surface area is 102 Å². The van der Waals surface area contributed by atoms with Gasteiger partial charge in [-0.1, -0.05) is 5.76 Å². The number of carbonyl (C=O) groups is 1. The van der Waals surface area contributed by atoms with Gasteiger partial charge in [0.05, 0.1) is 0 Å². The Kier molecular flexibility index (Phi) is 2.83. The second-order valence-electron chi connectivity index (χ2n) is 3.82. The van der Waals surface area contributed by atoms with E-state index >= 15 is 0 Å². The molecular formula is C11H3F6O2-. The van der Waals surface area contributed by atoms with Gasteiger partial charge in [0.25, 0.3) is 5.78 Å². The standard InChI is InChI=1S/C11H4F6O2/c12-6-2-4-3(7(13)8(6)14)1-5(9(4)18)10(19)11(15,16)17/h2,18H,1H2/p-1. The number of rotatable bonds is 1. The van der Waals surface area contributed by atoms with Crippen molar-refractivity contribution in [2.45, 2.75) is 12.6 Å². The minimum Gasteiger partial charge on any atom is -0.872 e. The molecule has 0 aromatic heterocycles. The van der Waals surface area contributed by atoms with E-state index in [0.717, 1.165) is 0 Å². The van der Waals surface area contributed by atoms with Crippen LogP contribution in [0.4, 0.5) is 26.3 Å². The second-order valence-corrected chi connectivity index (χ2v) is 3.82. The van der Waals surface area contributed by atoms with E-state index < -0.39 is 58.3 Å². The highest BCUT2D eigenvalue weighted by Gasteiger charge is 2.42. The molecule has 2 rings (SSSR count). The Balaban J connectivity index is 2.56. The largest absolute Gasteiger partial charge is 0.872 e. The van der Waals surface area contributed by atoms with E-state index in [2.05, 4.69) is 0 Å². The van der Waals surface area contributed by atoms with E-state index in [4.69, 9.17) is 0 Å². The van der Waals surface area contributed by atoms with Crippen LogP contribution in [-0.2, 0) is 11.2 Å². The maximum Gasteiger partial charge on any atom is 0.454 e. The molecule has 8 heteroatoms. The van der Waals surface area contributed by atoms with Crippen LogP contribution in [0.15, 0.2) is 11.6 Å². The molecule has 0 amide bonds. The number of fused-ring (bicyclic) bond motifs is 1. The summed E-state index contributed by atoms with van der Waals surface area (Å²) in [4.78, 5) is 10.9. The van der Waals surface area contributed by atoms with Crippen LogP contribution >= 0.6 is 0 Å². The molecule has 1 aromatic rings. The van der Waals surface area contributed by atoms with Gasteiger partial charge in [-0.15, -0.1) is 0 Å². The van der Waals surface area contributed by atoms with Gasteiger partial charge in [0, 0.05) is 17.6 Å². The Morgan fingerprint density at radius 3 is 2.26 bits per heavy atom. The van der Waals surface area contributed by atoms with E-state index in [1.54, 1.807) is 0 Å². The fourth-order valence-corrected chi connectivity index (χ4v) is 1.78. The second kappa shape index (κ2) is 4.01. The SMILES string of the molecule is O=C(C1=C([O-])c2cc(F)c(F)c(F)c2C1)C(F)(F)F. The first-order chi connectivity index (χ1) is 8.64. The third-order valence-electron chi connectivity index (χ3n) is 2.67. The summed E-state index contributed by atoms with van der Waals surface area (Å²) in [5.74, 6) is -9.23. The Hall–Kier alpha value is -1.99. The van der Waals surface area contributed by atoms with E-state index in [9.17, 15) is 36.2 Å². The molecule has 1 aliphatic rings. The van der Waals surface area contributed by atoms with Gasteiger partial charge < -0.3 is 5.11 Å². The normalized spacial score (nSPS) is 14.8. The first-order valence-electron chi connectivity index (χ1n) is 4.83. The third kappa shape index (κ3) is 1.96. The summed E-state index contributed by atoms with van der Waals surface area (Å²) in [6.45, 7) is 0. The molecule has 0 N–H and O–H groups in total. The Morgan fingerprint density at radius 2 is 1.74 bits per heavy atom. The van der Waals surface area contributed by atoms with Crippen molar-refractivity contribution in [3.63, 3.8) is 0 Å². The van der Waals surface area contributed by atoms with Crippen LogP contribution in [0.5, 0.6) is 0 Å². The molecule has 0 aliphatic heterocycles. The predicted octanol–water partition coefficient (Wildman–Crippen LogP) is 1.86. The van der Waals surface area contributed by atoms with E-state index in [1.165, 1.54) is 0 Å². The van der Waals surface area contributed by atoms with Crippen LogP contribution in [-0.4, -0.2) is 12.0 Å². The molecule has 0 saturated carbocycles. The topological polar surface area (TPSA) is 40.1 Å². The monoisotopic (exact) mass is 281 g/mol. The zero-order valence-corrected chi connectivity index (χ0v) is 8.87. The molecule has 0 radical (unpaired) electrons. The summed E-state index contributed by atoms with van der Waals surface area (Å²) in [5, 5.41) is 11.5. The number of Topliss-reactive ketones (excluding diaryl/α,β-unsaturated/α-hetero) is 1. The highest BCUT2D eigenvalue weighted by Crippen LogP contribution is 2.36. The highest BCUT2D eigenvalue weighted by atomic mass is 19.4. The summed E-state index contributed by atoms with van der Waals surface area (Å²) in [5.41, 5.74) is -2.74. The maximum absolute atomic E-state index is 13.3. The minimum atomic E-state index is -5.30. The number of benzene rings is 1. The van der Waals surface area contributed by atoms with Crippen molar-refractivity contribution in [1.82, 2.24) is 0 Å². The lowest BCUT2D eigenvalue weighted by molar-refractivity contribution is -0.245. The van der Waals surface area contributed by atoms with Crippen molar-refractivity contribution < 1.29 is 36.2 Å². The van der Waals surface area contributed by atoms with Gasteiger partial charge in [-0.2, -0.15) is 13.2 Å². The molecule has 0 spiro atoms. The zero-order chi connectivity index (χ0) is 14.5. The quantitative estimate of drug-likeness (QED) is 0.582. The summed E-state index contributed by atoms with van der Waals surface area (Å²) < 4.78 is 75.7. The van der Waals surface area contributed by atoms with Crippen LogP contribution in [0.2, 0.25) is 0 Å². The van der Waals surface area contributed by atoms with Gasteiger partial charge in [-0.3, -0.25) is 4.79 Å². The minimum absolute atomic E-state index is 0.284. The van der Waals surface area contributed by atoms with Crippen molar-refractivity contribution in [3.8, 4) is 0 Å². The van der Waals surface area contributed by atoms with Gasteiger partial charge in [0.1, 0.15) is 0 Å². The molecule has 1 aliphatic carbocycles. The molecule has 0 unspecified atom stereocenters. The van der Waals surface area contributed by atoms with E-state index in [-0.39, 0.29) is 6.07 Å². The molecular weight excluding hydrogens is 278 g/mol. The van der Waals surface area contributed by atoms with E-state index in [0.29, 0.717) is 0 Å². The average Bonchev–Trinajstić information content (AvgIpc) is 2.62. The smallest absolute Gasteiger partial charge is 0.454 e. The van der Waals surface area contributed by atoms with Crippen molar-refractivity contribution in [3.05, 3.63) is 40.2 Å². The number of allylic oxidation sites excluding steroid dienone is 1. The van der Waals surface area contributed by atoms with Crippen molar-refractivity contribution in [2.24, 2.45) is 0 Å². The summed E-state index contributed by atoms with van der Waals surface area (Å²) >= 11 is 0. The zero-order valence-electron chi connectivity index (χ0n) is 8.87. The molecule has 2 nitrogen and oxygen atoms in total. The lowest BCUT2D eigenvalue weighted by Gasteiger charge is -2.13. The summed E-state index contributed by atoms with van der Waals surface area (Å²) in [6, 6.07) is 0.284. The van der Waals surface area contributed by atoms with E-state index in [1.807, 2.05) is 0 Å². The first-order valence-corrected chi connectivity index (χ1v) is 4.83. The highest BCUT2D eigenvalue weighted by molar-refractivity contribution is 6.06. The van der Waals surface area contributed by atoms with Gasteiger partial charge in [-0.05, 0) is 11.6 Å². The fourth-order valence-electron chi connectivity index (χ4n) is 1.78. The van der Waals surface area contributed by atoms with Crippen LogP contribution < -0.4 is 5.11 Å². The van der Waals surface area contributed by atoms with Crippen LogP contribution in [0.3, 0.4) is 0 Å². The molecule has 0 saturated heterocycles.